The Bertz CT molecular complexity index is 888. The lowest BCUT2D eigenvalue weighted by Gasteiger charge is -1.98. The molecule has 1 aromatic heterocycles. The summed E-state index contributed by atoms with van der Waals surface area (Å²) in [6, 6.07) is 13.3. The van der Waals surface area contributed by atoms with Crippen molar-refractivity contribution < 1.29 is 9.52 Å². The predicted octanol–water partition coefficient (Wildman–Crippen LogP) is 5.63. The van der Waals surface area contributed by atoms with Crippen LogP contribution in [-0.4, -0.2) is 16.3 Å². The Hall–Kier alpha value is -1.92. The molecule has 0 radical (unpaired) electrons. The molecular formula is C17H12Br2N2O2. The van der Waals surface area contributed by atoms with Crippen molar-refractivity contribution in [2.45, 2.75) is 6.92 Å². The van der Waals surface area contributed by atoms with E-state index in [-0.39, 0.29) is 11.6 Å². The van der Waals surface area contributed by atoms with Gasteiger partial charge in [-0.25, -0.2) is 4.98 Å². The van der Waals surface area contributed by atoms with Gasteiger partial charge in [-0.2, -0.15) is 0 Å². The lowest BCUT2D eigenvalue weighted by Crippen LogP contribution is -1.84. The van der Waals surface area contributed by atoms with Gasteiger partial charge in [0.1, 0.15) is 0 Å². The molecule has 0 spiro atoms. The van der Waals surface area contributed by atoms with Crippen molar-refractivity contribution in [2.75, 3.05) is 0 Å². The maximum absolute atomic E-state index is 9.93. The van der Waals surface area contributed by atoms with Gasteiger partial charge in [0, 0.05) is 8.95 Å². The van der Waals surface area contributed by atoms with E-state index in [9.17, 15) is 5.11 Å². The summed E-state index contributed by atoms with van der Waals surface area (Å²) in [6.07, 6.45) is 1.48. The van der Waals surface area contributed by atoms with Crippen LogP contribution in [0.25, 0.3) is 11.5 Å². The second-order valence-corrected chi connectivity index (χ2v) is 6.61. The number of aryl methyl sites for hydroxylation is 1. The molecule has 0 saturated heterocycles. The Kier molecular flexibility index (Phi) is 4.63. The number of halogens is 2. The second-order valence-electron chi connectivity index (χ2n) is 4.90. The molecule has 0 bridgehead atoms. The number of aliphatic imine (C=N–C) groups is 1. The van der Waals surface area contributed by atoms with Crippen molar-refractivity contribution in [2.24, 2.45) is 4.99 Å². The normalized spacial score (nSPS) is 11.3. The summed E-state index contributed by atoms with van der Waals surface area (Å²) >= 11 is 6.90. The number of hydrogen-bond acceptors (Lipinski definition) is 4. The van der Waals surface area contributed by atoms with Gasteiger partial charge in [0.25, 0.3) is 0 Å². The number of aromatic nitrogens is 1. The number of rotatable bonds is 3. The van der Waals surface area contributed by atoms with Gasteiger partial charge >= 0.3 is 5.95 Å². The van der Waals surface area contributed by atoms with Crippen LogP contribution in [0.4, 0.5) is 5.69 Å². The zero-order valence-corrected chi connectivity index (χ0v) is 15.3. The van der Waals surface area contributed by atoms with Gasteiger partial charge < -0.3 is 9.52 Å². The molecular weight excluding hydrogens is 424 g/mol. The van der Waals surface area contributed by atoms with E-state index in [1.807, 2.05) is 49.4 Å². The van der Waals surface area contributed by atoms with E-state index in [2.05, 4.69) is 41.8 Å². The molecule has 4 nitrogen and oxygen atoms in total. The Balaban J connectivity index is 1.93. The molecule has 0 saturated carbocycles. The van der Waals surface area contributed by atoms with Crippen LogP contribution in [0, 0.1) is 6.92 Å². The van der Waals surface area contributed by atoms with Crippen LogP contribution in [-0.2, 0) is 0 Å². The highest BCUT2D eigenvalue weighted by molar-refractivity contribution is 9.11. The molecule has 0 atom stereocenters. The van der Waals surface area contributed by atoms with Crippen LogP contribution in [0.5, 0.6) is 5.95 Å². The number of benzene rings is 2. The SMILES string of the molecule is Cc1ccc(N=Cc2nc(-c3ccccc3Br)oc2O)c(Br)c1. The fourth-order valence-corrected chi connectivity index (χ4v) is 3.06. The summed E-state index contributed by atoms with van der Waals surface area (Å²) in [6.45, 7) is 2.01. The van der Waals surface area contributed by atoms with E-state index in [1.165, 1.54) is 6.21 Å². The third-order valence-corrected chi connectivity index (χ3v) is 4.49. The van der Waals surface area contributed by atoms with Crippen LogP contribution in [0.2, 0.25) is 0 Å². The first-order valence-electron chi connectivity index (χ1n) is 6.79. The van der Waals surface area contributed by atoms with Gasteiger partial charge in [0.2, 0.25) is 5.89 Å². The Labute approximate surface area is 150 Å². The molecule has 23 heavy (non-hydrogen) atoms. The van der Waals surface area contributed by atoms with E-state index in [0.717, 1.165) is 25.8 Å². The van der Waals surface area contributed by atoms with Crippen molar-refractivity contribution in [3.05, 3.63) is 62.7 Å². The summed E-state index contributed by atoms with van der Waals surface area (Å²) in [4.78, 5) is 8.63. The zero-order valence-electron chi connectivity index (χ0n) is 12.1. The molecule has 0 aliphatic heterocycles. The maximum Gasteiger partial charge on any atom is 0.312 e. The first-order chi connectivity index (χ1) is 11.0. The molecule has 1 N–H and O–H groups in total. The molecule has 3 aromatic rings. The Morgan fingerprint density at radius 1 is 1.13 bits per heavy atom. The van der Waals surface area contributed by atoms with Crippen LogP contribution < -0.4 is 0 Å². The highest BCUT2D eigenvalue weighted by Crippen LogP contribution is 2.31. The minimum atomic E-state index is -0.261. The molecule has 6 heteroatoms. The summed E-state index contributed by atoms with van der Waals surface area (Å²) in [7, 11) is 0. The number of nitrogens with zero attached hydrogens (tertiary/aromatic N) is 2. The van der Waals surface area contributed by atoms with E-state index < -0.39 is 0 Å². The first kappa shape index (κ1) is 16.0. The van der Waals surface area contributed by atoms with Gasteiger partial charge in [-0.05, 0) is 68.6 Å². The van der Waals surface area contributed by atoms with E-state index in [1.54, 1.807) is 0 Å². The highest BCUT2D eigenvalue weighted by atomic mass is 79.9. The average molecular weight is 436 g/mol. The molecule has 2 aromatic carbocycles. The summed E-state index contributed by atoms with van der Waals surface area (Å²) in [5.41, 5.74) is 2.93. The van der Waals surface area contributed by atoms with Crippen LogP contribution >= 0.6 is 31.9 Å². The van der Waals surface area contributed by atoms with Crippen molar-refractivity contribution >= 4 is 43.8 Å². The molecule has 0 unspecified atom stereocenters. The molecule has 0 amide bonds. The quantitative estimate of drug-likeness (QED) is 0.542. The van der Waals surface area contributed by atoms with Crippen molar-refractivity contribution in [1.82, 2.24) is 4.98 Å². The number of oxazole rings is 1. The summed E-state index contributed by atoms with van der Waals surface area (Å²) < 4.78 is 7.05. The van der Waals surface area contributed by atoms with Crippen LogP contribution in [0.1, 0.15) is 11.3 Å². The second kappa shape index (κ2) is 6.68. The van der Waals surface area contributed by atoms with Gasteiger partial charge in [-0.15, -0.1) is 0 Å². The van der Waals surface area contributed by atoms with Crippen LogP contribution in [0.15, 0.2) is 60.8 Å². The van der Waals surface area contributed by atoms with Crippen LogP contribution in [0.3, 0.4) is 0 Å². The number of hydrogen-bond donors (Lipinski definition) is 1. The van der Waals surface area contributed by atoms with Gasteiger partial charge in [0.05, 0.1) is 17.5 Å². The summed E-state index contributed by atoms with van der Waals surface area (Å²) in [5.74, 6) is 0.0714. The zero-order chi connectivity index (χ0) is 16.4. The molecule has 1 heterocycles. The van der Waals surface area contributed by atoms with Crippen molar-refractivity contribution in [3.63, 3.8) is 0 Å². The van der Waals surface area contributed by atoms with Crippen molar-refractivity contribution in [3.8, 4) is 17.4 Å². The monoisotopic (exact) mass is 434 g/mol. The molecule has 0 aliphatic carbocycles. The Morgan fingerprint density at radius 3 is 2.65 bits per heavy atom. The fourth-order valence-electron chi connectivity index (χ4n) is 2.01. The minimum Gasteiger partial charge on any atom is -0.479 e. The average Bonchev–Trinajstić information content (AvgIpc) is 2.88. The molecule has 0 fully saturated rings. The third kappa shape index (κ3) is 3.54. The molecule has 3 rings (SSSR count). The summed E-state index contributed by atoms with van der Waals surface area (Å²) in [5, 5.41) is 9.93. The fraction of sp³-hybridized carbons (Fsp3) is 0.0588. The standard InChI is InChI=1S/C17H12Br2N2O2/c1-10-6-7-14(13(19)8-10)20-9-15-17(22)23-16(21-15)11-4-2-3-5-12(11)18/h2-9,22H,1H3. The largest absolute Gasteiger partial charge is 0.479 e. The first-order valence-corrected chi connectivity index (χ1v) is 8.38. The Morgan fingerprint density at radius 2 is 1.91 bits per heavy atom. The maximum atomic E-state index is 9.93. The van der Waals surface area contributed by atoms with Gasteiger partial charge in [0.15, 0.2) is 5.69 Å². The third-order valence-electron chi connectivity index (χ3n) is 3.17. The van der Waals surface area contributed by atoms with Gasteiger partial charge in [-0.1, -0.05) is 18.2 Å². The van der Waals surface area contributed by atoms with E-state index >= 15 is 0 Å². The predicted molar refractivity (Wildman–Crippen MR) is 97.4 cm³/mol. The smallest absolute Gasteiger partial charge is 0.312 e. The highest BCUT2D eigenvalue weighted by Gasteiger charge is 2.14. The molecule has 0 aliphatic rings. The van der Waals surface area contributed by atoms with E-state index in [4.69, 9.17) is 4.42 Å². The topological polar surface area (TPSA) is 58.6 Å². The molecule has 116 valence electrons. The van der Waals surface area contributed by atoms with Gasteiger partial charge in [-0.3, -0.25) is 4.99 Å². The number of aromatic hydroxyl groups is 1. The van der Waals surface area contributed by atoms with Crippen molar-refractivity contribution in [1.29, 1.82) is 0 Å². The lowest BCUT2D eigenvalue weighted by molar-refractivity contribution is 0.337. The lowest BCUT2D eigenvalue weighted by atomic mass is 10.2. The minimum absolute atomic E-state index is 0.261. The van der Waals surface area contributed by atoms with E-state index in [0.29, 0.717) is 5.89 Å².